The first-order valence-corrected chi connectivity index (χ1v) is 6.41. The van der Waals surface area contributed by atoms with Crippen LogP contribution in [0.2, 0.25) is 0 Å². The molecule has 0 unspecified atom stereocenters. The highest BCUT2D eigenvalue weighted by atomic mass is 79.9. The van der Waals surface area contributed by atoms with Crippen molar-refractivity contribution in [1.82, 2.24) is 9.97 Å². The summed E-state index contributed by atoms with van der Waals surface area (Å²) in [6, 6.07) is 8.14. The topological polar surface area (TPSA) is 28.7 Å². The highest BCUT2D eigenvalue weighted by Crippen LogP contribution is 2.23. The van der Waals surface area contributed by atoms with E-state index in [4.69, 9.17) is 11.6 Å². The molecule has 1 heterocycles. The summed E-state index contributed by atoms with van der Waals surface area (Å²) < 4.78 is 1.07. The molecule has 0 fully saturated rings. The molecule has 0 bridgehead atoms. The summed E-state index contributed by atoms with van der Waals surface area (Å²) in [6.45, 7) is 2.03. The molecular formula is C12H12BrClN2. The molecule has 2 rings (SSSR count). The zero-order chi connectivity index (χ0) is 11.5. The average Bonchev–Trinajstić information content (AvgIpc) is 2.61. The molecule has 0 aliphatic heterocycles. The lowest BCUT2D eigenvalue weighted by Gasteiger charge is -1.98. The van der Waals surface area contributed by atoms with Crippen LogP contribution in [0.4, 0.5) is 0 Å². The van der Waals surface area contributed by atoms with Crippen molar-refractivity contribution in [3.05, 3.63) is 40.3 Å². The Hall–Kier alpha value is -0.800. The molecule has 0 spiro atoms. The Bertz CT molecular complexity index is 476. The fourth-order valence-corrected chi connectivity index (χ4v) is 2.06. The Kier molecular flexibility index (Phi) is 3.66. The van der Waals surface area contributed by atoms with Crippen LogP contribution in [-0.2, 0) is 6.42 Å². The average molecular weight is 300 g/mol. The summed E-state index contributed by atoms with van der Waals surface area (Å²) in [5, 5.41) is 0. The molecule has 0 radical (unpaired) electrons. The second kappa shape index (κ2) is 5.02. The van der Waals surface area contributed by atoms with Gasteiger partial charge in [-0.15, -0.1) is 11.6 Å². The van der Waals surface area contributed by atoms with E-state index in [0.29, 0.717) is 5.88 Å². The quantitative estimate of drug-likeness (QED) is 0.855. The van der Waals surface area contributed by atoms with Crippen LogP contribution < -0.4 is 0 Å². The van der Waals surface area contributed by atoms with Crippen LogP contribution in [-0.4, -0.2) is 15.8 Å². The van der Waals surface area contributed by atoms with Crippen molar-refractivity contribution in [3.63, 3.8) is 0 Å². The Morgan fingerprint density at radius 3 is 2.62 bits per heavy atom. The molecule has 4 heteroatoms. The van der Waals surface area contributed by atoms with Gasteiger partial charge in [-0.05, 0) is 19.1 Å². The van der Waals surface area contributed by atoms with Crippen molar-refractivity contribution in [2.75, 3.05) is 5.88 Å². The number of nitrogens with one attached hydrogen (secondary N) is 1. The second-order valence-corrected chi connectivity index (χ2v) is 4.90. The minimum atomic E-state index is 0.590. The predicted octanol–water partition coefficient (Wildman–Crippen LogP) is 3.93. The largest absolute Gasteiger partial charge is 0.346 e. The standard InChI is InChI=1S/C12H12BrClN2/c1-8-12(16-11(15-8)6-7-14)9-2-4-10(13)5-3-9/h2-5H,6-7H2,1H3,(H,15,16). The zero-order valence-corrected chi connectivity index (χ0v) is 11.3. The maximum absolute atomic E-state index is 5.70. The number of nitrogens with zero attached hydrogens (tertiary/aromatic N) is 1. The van der Waals surface area contributed by atoms with E-state index in [2.05, 4.69) is 38.0 Å². The Balaban J connectivity index is 2.36. The van der Waals surface area contributed by atoms with Crippen LogP contribution in [0.3, 0.4) is 0 Å². The first kappa shape index (κ1) is 11.7. The molecule has 84 valence electrons. The molecule has 16 heavy (non-hydrogen) atoms. The Morgan fingerprint density at radius 2 is 2.00 bits per heavy atom. The Morgan fingerprint density at radius 1 is 1.31 bits per heavy atom. The fourth-order valence-electron chi connectivity index (χ4n) is 1.62. The monoisotopic (exact) mass is 298 g/mol. The molecule has 0 aliphatic rings. The molecule has 0 atom stereocenters. The van der Waals surface area contributed by atoms with Gasteiger partial charge >= 0.3 is 0 Å². The van der Waals surface area contributed by atoms with Crippen molar-refractivity contribution in [2.45, 2.75) is 13.3 Å². The summed E-state index contributed by atoms with van der Waals surface area (Å²) in [5.74, 6) is 1.54. The van der Waals surface area contributed by atoms with Crippen molar-refractivity contribution < 1.29 is 0 Å². The smallest absolute Gasteiger partial charge is 0.108 e. The fraction of sp³-hybridized carbons (Fsp3) is 0.250. The number of hydrogen-bond acceptors (Lipinski definition) is 1. The van der Waals surface area contributed by atoms with Crippen LogP contribution in [0.1, 0.15) is 11.5 Å². The van der Waals surface area contributed by atoms with E-state index in [1.807, 2.05) is 19.1 Å². The van der Waals surface area contributed by atoms with E-state index in [9.17, 15) is 0 Å². The number of imidazole rings is 1. The van der Waals surface area contributed by atoms with Crippen LogP contribution in [0, 0.1) is 6.92 Å². The lowest BCUT2D eigenvalue weighted by molar-refractivity contribution is 0.988. The minimum Gasteiger partial charge on any atom is -0.346 e. The highest BCUT2D eigenvalue weighted by molar-refractivity contribution is 9.10. The van der Waals surface area contributed by atoms with Gasteiger partial charge < -0.3 is 4.98 Å². The third-order valence-corrected chi connectivity index (χ3v) is 3.10. The van der Waals surface area contributed by atoms with Crippen LogP contribution in [0.25, 0.3) is 11.3 Å². The van der Waals surface area contributed by atoms with Gasteiger partial charge in [0.05, 0.1) is 5.69 Å². The van der Waals surface area contributed by atoms with Gasteiger partial charge in [0.2, 0.25) is 0 Å². The van der Waals surface area contributed by atoms with E-state index in [1.54, 1.807) is 0 Å². The van der Waals surface area contributed by atoms with E-state index in [0.717, 1.165) is 33.7 Å². The molecule has 1 aromatic carbocycles. The van der Waals surface area contributed by atoms with Gasteiger partial charge in [-0.2, -0.15) is 0 Å². The minimum absolute atomic E-state index is 0.590. The summed E-state index contributed by atoms with van der Waals surface area (Å²) in [6.07, 6.45) is 0.777. The van der Waals surface area contributed by atoms with Gasteiger partial charge in [-0.25, -0.2) is 4.98 Å². The number of aromatic nitrogens is 2. The van der Waals surface area contributed by atoms with Crippen molar-refractivity contribution >= 4 is 27.5 Å². The van der Waals surface area contributed by atoms with Crippen LogP contribution in [0.5, 0.6) is 0 Å². The number of H-pyrrole nitrogens is 1. The van der Waals surface area contributed by atoms with Gasteiger partial charge in [0.25, 0.3) is 0 Å². The lowest BCUT2D eigenvalue weighted by Crippen LogP contribution is -1.88. The molecule has 0 saturated heterocycles. The molecule has 1 N–H and O–H groups in total. The van der Waals surface area contributed by atoms with Gasteiger partial charge in [0.15, 0.2) is 0 Å². The summed E-state index contributed by atoms with van der Waals surface area (Å²) in [7, 11) is 0. The van der Waals surface area contributed by atoms with E-state index < -0.39 is 0 Å². The lowest BCUT2D eigenvalue weighted by atomic mass is 10.1. The number of aromatic amines is 1. The maximum Gasteiger partial charge on any atom is 0.108 e. The molecule has 2 aromatic rings. The van der Waals surface area contributed by atoms with Gasteiger partial charge in [-0.3, -0.25) is 0 Å². The zero-order valence-electron chi connectivity index (χ0n) is 8.93. The van der Waals surface area contributed by atoms with E-state index in [1.165, 1.54) is 0 Å². The van der Waals surface area contributed by atoms with Gasteiger partial charge in [-0.1, -0.05) is 28.1 Å². The number of rotatable bonds is 3. The van der Waals surface area contributed by atoms with Crippen molar-refractivity contribution in [1.29, 1.82) is 0 Å². The van der Waals surface area contributed by atoms with Crippen molar-refractivity contribution in [2.24, 2.45) is 0 Å². The first-order valence-electron chi connectivity index (χ1n) is 5.08. The summed E-state index contributed by atoms with van der Waals surface area (Å²) in [5.41, 5.74) is 3.22. The number of benzene rings is 1. The number of halogens is 2. The summed E-state index contributed by atoms with van der Waals surface area (Å²) >= 11 is 9.12. The van der Waals surface area contributed by atoms with Crippen LogP contribution in [0.15, 0.2) is 28.7 Å². The van der Waals surface area contributed by atoms with Gasteiger partial charge in [0.1, 0.15) is 5.82 Å². The summed E-state index contributed by atoms with van der Waals surface area (Å²) in [4.78, 5) is 7.80. The van der Waals surface area contributed by atoms with E-state index >= 15 is 0 Å². The number of alkyl halides is 1. The first-order chi connectivity index (χ1) is 7.70. The number of aryl methyl sites for hydroxylation is 2. The SMILES string of the molecule is Cc1[nH]c(CCCl)nc1-c1ccc(Br)cc1. The normalized spacial score (nSPS) is 10.7. The van der Waals surface area contributed by atoms with Crippen molar-refractivity contribution in [3.8, 4) is 11.3 Å². The molecular weight excluding hydrogens is 288 g/mol. The molecule has 0 amide bonds. The molecule has 1 aromatic heterocycles. The molecule has 2 nitrogen and oxygen atoms in total. The van der Waals surface area contributed by atoms with Crippen LogP contribution >= 0.6 is 27.5 Å². The third-order valence-electron chi connectivity index (χ3n) is 2.38. The molecule has 0 saturated carbocycles. The highest BCUT2D eigenvalue weighted by Gasteiger charge is 2.08. The van der Waals surface area contributed by atoms with Gasteiger partial charge in [0, 0.05) is 28.0 Å². The maximum atomic E-state index is 5.70. The van der Waals surface area contributed by atoms with E-state index in [-0.39, 0.29) is 0 Å². The number of hydrogen-bond donors (Lipinski definition) is 1. The second-order valence-electron chi connectivity index (χ2n) is 3.60. The predicted molar refractivity (Wildman–Crippen MR) is 70.9 cm³/mol. The third kappa shape index (κ3) is 2.47. The molecule has 0 aliphatic carbocycles. The Labute approximate surface area is 108 Å².